The summed E-state index contributed by atoms with van der Waals surface area (Å²) in [6.45, 7) is 5.74. The van der Waals surface area contributed by atoms with Crippen molar-refractivity contribution in [1.82, 2.24) is 0 Å². The molecule has 0 saturated heterocycles. The average molecular weight is 313 g/mol. The van der Waals surface area contributed by atoms with Crippen LogP contribution in [-0.2, 0) is 14.6 Å². The molecule has 0 aliphatic rings. The summed E-state index contributed by atoms with van der Waals surface area (Å²) < 4.78 is 34.4. The van der Waals surface area contributed by atoms with Gasteiger partial charge in [-0.25, -0.2) is 13.4 Å². The van der Waals surface area contributed by atoms with E-state index >= 15 is 0 Å². The fourth-order valence-corrected chi connectivity index (χ4v) is 1.53. The highest BCUT2D eigenvalue weighted by Crippen LogP contribution is 2.06. The predicted molar refractivity (Wildman–Crippen MR) is 81.1 cm³/mol. The Labute approximate surface area is 127 Å². The molecule has 1 heterocycles. The van der Waals surface area contributed by atoms with Crippen molar-refractivity contribution >= 4 is 10.4 Å². The van der Waals surface area contributed by atoms with Crippen LogP contribution in [0.15, 0.2) is 53.9 Å². The van der Waals surface area contributed by atoms with Gasteiger partial charge in [-0.1, -0.05) is 29.4 Å². The normalized spacial score (nSPS) is 11.3. The SMILES string of the molecule is CC(C)=CCC/C(C)=C/COS(=O)(=O)[O-].c1cc[nH+]cc1. The Bertz CT molecular complexity index is 505. The number of aromatic nitrogens is 1. The molecule has 0 fully saturated rings. The quantitative estimate of drug-likeness (QED) is 0.459. The zero-order valence-electron chi connectivity index (χ0n) is 12.7. The highest BCUT2D eigenvalue weighted by molar-refractivity contribution is 7.80. The van der Waals surface area contributed by atoms with Crippen molar-refractivity contribution in [1.29, 1.82) is 0 Å². The van der Waals surface area contributed by atoms with E-state index in [9.17, 15) is 13.0 Å². The molecule has 0 amide bonds. The fourth-order valence-electron chi connectivity index (χ4n) is 1.29. The molecule has 21 heavy (non-hydrogen) atoms. The molecule has 1 aromatic rings. The highest BCUT2D eigenvalue weighted by Gasteiger charge is 1.93. The molecule has 0 radical (unpaired) electrons. The molecule has 0 unspecified atom stereocenters. The first-order valence-corrected chi connectivity index (χ1v) is 7.95. The Kier molecular flexibility index (Phi) is 10.4. The summed E-state index contributed by atoms with van der Waals surface area (Å²) in [6, 6.07) is 5.86. The van der Waals surface area contributed by atoms with E-state index in [2.05, 4.69) is 15.2 Å². The molecule has 1 rings (SSSR count). The Morgan fingerprint density at radius 2 is 1.76 bits per heavy atom. The van der Waals surface area contributed by atoms with Gasteiger partial charge in [0.2, 0.25) is 10.4 Å². The summed E-state index contributed by atoms with van der Waals surface area (Å²) >= 11 is 0. The molecule has 6 heteroatoms. The van der Waals surface area contributed by atoms with E-state index in [-0.39, 0.29) is 6.61 Å². The smallest absolute Gasteiger partial charge is 0.217 e. The van der Waals surface area contributed by atoms with Crippen molar-refractivity contribution in [3.63, 3.8) is 0 Å². The van der Waals surface area contributed by atoms with Crippen molar-refractivity contribution < 1.29 is 22.1 Å². The maximum atomic E-state index is 10.1. The van der Waals surface area contributed by atoms with Crippen LogP contribution in [0.2, 0.25) is 0 Å². The van der Waals surface area contributed by atoms with Crippen LogP contribution in [0.5, 0.6) is 0 Å². The van der Waals surface area contributed by atoms with Crippen LogP contribution in [0.1, 0.15) is 33.6 Å². The lowest BCUT2D eigenvalue weighted by atomic mass is 10.1. The molecule has 5 nitrogen and oxygen atoms in total. The summed E-state index contributed by atoms with van der Waals surface area (Å²) in [6.07, 6.45) is 9.21. The van der Waals surface area contributed by atoms with Crippen molar-refractivity contribution in [3.8, 4) is 0 Å². The van der Waals surface area contributed by atoms with Gasteiger partial charge in [-0.05, 0) is 33.6 Å². The number of hydrogen-bond donors (Lipinski definition) is 0. The maximum absolute atomic E-state index is 10.1. The zero-order chi connectivity index (χ0) is 16.1. The van der Waals surface area contributed by atoms with E-state index < -0.39 is 10.4 Å². The summed E-state index contributed by atoms with van der Waals surface area (Å²) in [5.41, 5.74) is 2.26. The van der Waals surface area contributed by atoms with E-state index in [1.54, 1.807) is 6.08 Å². The van der Waals surface area contributed by atoms with Crippen LogP contribution in [0.4, 0.5) is 0 Å². The molecule has 118 valence electrons. The minimum atomic E-state index is -4.56. The van der Waals surface area contributed by atoms with Crippen LogP contribution < -0.4 is 4.98 Å². The Morgan fingerprint density at radius 1 is 1.14 bits per heavy atom. The van der Waals surface area contributed by atoms with Crippen molar-refractivity contribution in [3.05, 3.63) is 53.9 Å². The first-order valence-electron chi connectivity index (χ1n) is 6.61. The lowest BCUT2D eigenvalue weighted by Crippen LogP contribution is -2.03. The lowest BCUT2D eigenvalue weighted by molar-refractivity contribution is -0.377. The van der Waals surface area contributed by atoms with Gasteiger partial charge in [0.05, 0.1) is 6.61 Å². The second-order valence-corrected chi connectivity index (χ2v) is 5.69. The van der Waals surface area contributed by atoms with E-state index in [1.807, 2.05) is 51.4 Å². The molecule has 1 aromatic heterocycles. The van der Waals surface area contributed by atoms with Gasteiger partial charge < -0.3 is 4.55 Å². The summed E-state index contributed by atoms with van der Waals surface area (Å²) in [4.78, 5) is 2.89. The summed E-state index contributed by atoms with van der Waals surface area (Å²) in [7, 11) is -4.56. The second-order valence-electron chi connectivity index (χ2n) is 4.64. The minimum Gasteiger partial charge on any atom is -0.726 e. The minimum absolute atomic E-state index is 0.174. The number of allylic oxidation sites excluding steroid dienone is 3. The first kappa shape index (κ1) is 19.5. The van der Waals surface area contributed by atoms with Gasteiger partial charge >= 0.3 is 0 Å². The van der Waals surface area contributed by atoms with Crippen molar-refractivity contribution in [2.45, 2.75) is 33.6 Å². The molecular weight excluding hydrogens is 290 g/mol. The monoisotopic (exact) mass is 313 g/mol. The molecule has 0 bridgehead atoms. The number of pyridine rings is 1. The van der Waals surface area contributed by atoms with Crippen LogP contribution in [0.25, 0.3) is 0 Å². The fraction of sp³-hybridized carbons (Fsp3) is 0.400. The number of rotatable bonds is 6. The largest absolute Gasteiger partial charge is 0.726 e. The number of nitrogens with one attached hydrogen (secondary N) is 1. The van der Waals surface area contributed by atoms with E-state index in [0.717, 1.165) is 18.4 Å². The lowest BCUT2D eigenvalue weighted by Gasteiger charge is -2.05. The molecule has 0 aliphatic heterocycles. The molecular formula is C15H23NO4S. The number of H-pyrrole nitrogens is 1. The third-order valence-electron chi connectivity index (χ3n) is 2.34. The zero-order valence-corrected chi connectivity index (χ0v) is 13.5. The van der Waals surface area contributed by atoms with Gasteiger partial charge in [0.15, 0.2) is 12.4 Å². The predicted octanol–water partition coefficient (Wildman–Crippen LogP) is 2.66. The topological polar surface area (TPSA) is 80.6 Å². The standard InChI is InChI=1S/C10H18O4S.C5H5N/c1-9(2)5-4-6-10(3)7-8-14-15(11,12)13;1-2-4-6-5-3-1/h5,7H,4,6,8H2,1-3H3,(H,11,12,13);1-5H/b10-7+;. The van der Waals surface area contributed by atoms with E-state index in [1.165, 1.54) is 5.57 Å². The molecule has 0 atom stereocenters. The van der Waals surface area contributed by atoms with Crippen molar-refractivity contribution in [2.24, 2.45) is 0 Å². The summed E-state index contributed by atoms with van der Waals surface area (Å²) in [5.74, 6) is 0. The van der Waals surface area contributed by atoms with Gasteiger partial charge in [-0.3, -0.25) is 4.18 Å². The first-order chi connectivity index (χ1) is 9.81. The second kappa shape index (κ2) is 11.2. The molecule has 0 spiro atoms. The molecule has 0 aliphatic carbocycles. The number of aromatic amines is 1. The van der Waals surface area contributed by atoms with Gasteiger partial charge in [0.25, 0.3) is 0 Å². The summed E-state index contributed by atoms with van der Waals surface area (Å²) in [5, 5.41) is 0. The van der Waals surface area contributed by atoms with Gasteiger partial charge in [-0.15, -0.1) is 0 Å². The maximum Gasteiger partial charge on any atom is 0.217 e. The highest BCUT2D eigenvalue weighted by atomic mass is 32.3. The average Bonchev–Trinajstić information content (AvgIpc) is 2.39. The van der Waals surface area contributed by atoms with E-state index in [0.29, 0.717) is 0 Å². The molecule has 0 saturated carbocycles. The van der Waals surface area contributed by atoms with Crippen LogP contribution >= 0.6 is 0 Å². The Hall–Kier alpha value is -1.50. The van der Waals surface area contributed by atoms with Crippen LogP contribution in [0, 0.1) is 0 Å². The number of hydrogen-bond acceptors (Lipinski definition) is 4. The van der Waals surface area contributed by atoms with E-state index in [4.69, 9.17) is 0 Å². The van der Waals surface area contributed by atoms with Crippen molar-refractivity contribution in [2.75, 3.05) is 6.61 Å². The Morgan fingerprint density at radius 3 is 2.14 bits per heavy atom. The third kappa shape index (κ3) is 16.4. The van der Waals surface area contributed by atoms with Gasteiger partial charge in [-0.2, -0.15) is 0 Å². The third-order valence-corrected chi connectivity index (χ3v) is 2.77. The molecule has 0 aromatic carbocycles. The van der Waals surface area contributed by atoms with Gasteiger partial charge in [0, 0.05) is 12.1 Å². The van der Waals surface area contributed by atoms with Crippen LogP contribution in [0.3, 0.4) is 0 Å². The Balaban J connectivity index is 0.000000547. The van der Waals surface area contributed by atoms with Gasteiger partial charge in [0.1, 0.15) is 0 Å². The van der Waals surface area contributed by atoms with Crippen LogP contribution in [-0.4, -0.2) is 19.6 Å². The molecule has 1 N–H and O–H groups in total.